The van der Waals surface area contributed by atoms with E-state index in [1.54, 1.807) is 18.2 Å². The SMILES string of the molecule is N=C1OC(=O)c2c(C#Cc3ccccc3)cccc21. The van der Waals surface area contributed by atoms with E-state index in [2.05, 4.69) is 11.8 Å². The predicted molar refractivity (Wildman–Crippen MR) is 71.1 cm³/mol. The van der Waals surface area contributed by atoms with Crippen molar-refractivity contribution >= 4 is 11.9 Å². The van der Waals surface area contributed by atoms with E-state index >= 15 is 0 Å². The molecule has 90 valence electrons. The van der Waals surface area contributed by atoms with Crippen LogP contribution in [0.25, 0.3) is 0 Å². The molecule has 19 heavy (non-hydrogen) atoms. The third kappa shape index (κ3) is 2.00. The van der Waals surface area contributed by atoms with Crippen molar-refractivity contribution in [1.29, 1.82) is 5.41 Å². The maximum atomic E-state index is 11.7. The molecule has 0 saturated carbocycles. The van der Waals surface area contributed by atoms with Crippen molar-refractivity contribution in [3.63, 3.8) is 0 Å². The monoisotopic (exact) mass is 247 g/mol. The number of carbonyl (C=O) groups is 1. The number of esters is 1. The third-order valence-corrected chi connectivity index (χ3v) is 2.82. The Morgan fingerprint density at radius 2 is 1.74 bits per heavy atom. The quantitative estimate of drug-likeness (QED) is 0.574. The van der Waals surface area contributed by atoms with E-state index < -0.39 is 5.97 Å². The van der Waals surface area contributed by atoms with Crippen molar-refractivity contribution < 1.29 is 9.53 Å². The van der Waals surface area contributed by atoms with Crippen molar-refractivity contribution in [2.24, 2.45) is 0 Å². The number of hydrogen-bond acceptors (Lipinski definition) is 3. The van der Waals surface area contributed by atoms with E-state index in [-0.39, 0.29) is 5.90 Å². The summed E-state index contributed by atoms with van der Waals surface area (Å²) in [6, 6.07) is 14.7. The van der Waals surface area contributed by atoms with Gasteiger partial charge in [-0.05, 0) is 24.3 Å². The number of cyclic esters (lactones) is 1. The molecule has 0 fully saturated rings. The van der Waals surface area contributed by atoms with Crippen LogP contribution in [-0.4, -0.2) is 11.9 Å². The van der Waals surface area contributed by atoms with Crippen molar-refractivity contribution in [3.8, 4) is 11.8 Å². The average molecular weight is 247 g/mol. The average Bonchev–Trinajstić information content (AvgIpc) is 2.74. The molecular weight excluding hydrogens is 238 g/mol. The Balaban J connectivity index is 2.07. The van der Waals surface area contributed by atoms with Gasteiger partial charge >= 0.3 is 5.97 Å². The molecule has 1 heterocycles. The van der Waals surface area contributed by atoms with E-state index in [1.807, 2.05) is 30.3 Å². The lowest BCUT2D eigenvalue weighted by Gasteiger charge is -1.96. The van der Waals surface area contributed by atoms with Crippen molar-refractivity contribution in [2.75, 3.05) is 0 Å². The standard InChI is InChI=1S/C16H9NO2/c17-15-13-8-4-7-12(14(13)16(18)19-15)10-9-11-5-2-1-3-6-11/h1-8,17H. The van der Waals surface area contributed by atoms with Gasteiger partial charge in [0.1, 0.15) is 0 Å². The van der Waals surface area contributed by atoms with Crippen molar-refractivity contribution in [3.05, 3.63) is 70.8 Å². The maximum Gasteiger partial charge on any atom is 0.346 e. The van der Waals surface area contributed by atoms with Crippen LogP contribution in [0, 0.1) is 17.3 Å². The molecule has 0 aromatic heterocycles. The number of hydrogen-bond donors (Lipinski definition) is 1. The second kappa shape index (κ2) is 4.43. The first-order valence-electron chi connectivity index (χ1n) is 5.77. The van der Waals surface area contributed by atoms with E-state index in [0.717, 1.165) is 5.56 Å². The smallest absolute Gasteiger partial charge is 0.346 e. The van der Waals surface area contributed by atoms with Gasteiger partial charge in [-0.1, -0.05) is 36.1 Å². The molecule has 0 saturated heterocycles. The fourth-order valence-corrected chi connectivity index (χ4v) is 1.93. The molecular formula is C16H9NO2. The largest absolute Gasteiger partial charge is 0.404 e. The number of rotatable bonds is 0. The number of benzene rings is 2. The highest BCUT2D eigenvalue weighted by atomic mass is 16.5. The molecule has 1 aliphatic heterocycles. The molecule has 1 N–H and O–H groups in total. The van der Waals surface area contributed by atoms with Crippen LogP contribution in [0.5, 0.6) is 0 Å². The molecule has 0 unspecified atom stereocenters. The fourth-order valence-electron chi connectivity index (χ4n) is 1.93. The Labute approximate surface area is 110 Å². The molecule has 1 aliphatic rings. The molecule has 2 aromatic carbocycles. The fraction of sp³-hybridized carbons (Fsp3) is 0. The summed E-state index contributed by atoms with van der Waals surface area (Å²) in [5.41, 5.74) is 2.36. The predicted octanol–water partition coefficient (Wildman–Crippen LogP) is 2.58. The van der Waals surface area contributed by atoms with E-state index in [0.29, 0.717) is 16.7 Å². The first kappa shape index (κ1) is 11.2. The third-order valence-electron chi connectivity index (χ3n) is 2.82. The van der Waals surface area contributed by atoms with Gasteiger partial charge in [-0.2, -0.15) is 0 Å². The summed E-state index contributed by atoms with van der Waals surface area (Å²) in [5.74, 6) is 5.35. The summed E-state index contributed by atoms with van der Waals surface area (Å²) in [4.78, 5) is 11.7. The number of fused-ring (bicyclic) bond motifs is 1. The Kier molecular flexibility index (Phi) is 2.62. The van der Waals surface area contributed by atoms with Crippen LogP contribution in [0.1, 0.15) is 27.0 Å². The zero-order chi connectivity index (χ0) is 13.2. The summed E-state index contributed by atoms with van der Waals surface area (Å²) >= 11 is 0. The summed E-state index contributed by atoms with van der Waals surface area (Å²) in [6.07, 6.45) is 0. The molecule has 0 amide bonds. The molecule has 0 radical (unpaired) electrons. The van der Waals surface area contributed by atoms with Crippen LogP contribution in [0.4, 0.5) is 0 Å². The van der Waals surface area contributed by atoms with E-state index in [9.17, 15) is 4.79 Å². The number of nitrogens with one attached hydrogen (secondary N) is 1. The summed E-state index contributed by atoms with van der Waals surface area (Å²) in [7, 11) is 0. The van der Waals surface area contributed by atoms with E-state index in [4.69, 9.17) is 10.1 Å². The van der Waals surface area contributed by atoms with Gasteiger partial charge in [-0.25, -0.2) is 4.79 Å². The molecule has 3 heteroatoms. The highest BCUT2D eigenvalue weighted by molar-refractivity contribution is 6.16. The lowest BCUT2D eigenvalue weighted by Crippen LogP contribution is -1.98. The lowest BCUT2D eigenvalue weighted by molar-refractivity contribution is 0.0735. The molecule has 2 aromatic rings. The molecule has 0 atom stereocenters. The van der Waals surface area contributed by atoms with Gasteiger partial charge < -0.3 is 4.74 Å². The number of ether oxygens (including phenoxy) is 1. The second-order valence-electron chi connectivity index (χ2n) is 4.06. The summed E-state index contributed by atoms with van der Waals surface area (Å²) < 4.78 is 4.80. The molecule has 0 aliphatic carbocycles. The zero-order valence-corrected chi connectivity index (χ0v) is 9.94. The van der Waals surface area contributed by atoms with Gasteiger partial charge in [0.2, 0.25) is 5.90 Å². The summed E-state index contributed by atoms with van der Waals surface area (Å²) in [5, 5.41) is 7.56. The van der Waals surface area contributed by atoms with Gasteiger partial charge in [0.25, 0.3) is 0 Å². The Bertz CT molecular complexity index is 736. The normalized spacial score (nSPS) is 12.4. The topological polar surface area (TPSA) is 50.1 Å². The van der Waals surface area contributed by atoms with E-state index in [1.165, 1.54) is 0 Å². The zero-order valence-electron chi connectivity index (χ0n) is 9.94. The Hall–Kier alpha value is -2.86. The maximum absolute atomic E-state index is 11.7. The molecule has 3 nitrogen and oxygen atoms in total. The minimum atomic E-state index is -0.502. The van der Waals surface area contributed by atoms with Crippen molar-refractivity contribution in [2.45, 2.75) is 0 Å². The van der Waals surface area contributed by atoms with Crippen LogP contribution in [0.3, 0.4) is 0 Å². The van der Waals surface area contributed by atoms with Crippen LogP contribution in [0.2, 0.25) is 0 Å². The Morgan fingerprint density at radius 3 is 2.53 bits per heavy atom. The molecule has 3 rings (SSSR count). The van der Waals surface area contributed by atoms with Gasteiger partial charge in [-0.3, -0.25) is 5.41 Å². The minimum absolute atomic E-state index is 0.108. The molecule has 0 bridgehead atoms. The molecule has 0 spiro atoms. The minimum Gasteiger partial charge on any atom is -0.404 e. The summed E-state index contributed by atoms with van der Waals surface area (Å²) in [6.45, 7) is 0. The second-order valence-corrected chi connectivity index (χ2v) is 4.06. The Morgan fingerprint density at radius 1 is 0.947 bits per heavy atom. The lowest BCUT2D eigenvalue weighted by atomic mass is 10.0. The van der Waals surface area contributed by atoms with Crippen LogP contribution < -0.4 is 0 Å². The first-order chi connectivity index (χ1) is 9.25. The van der Waals surface area contributed by atoms with Gasteiger partial charge in [-0.15, -0.1) is 0 Å². The highest BCUT2D eigenvalue weighted by Crippen LogP contribution is 2.22. The van der Waals surface area contributed by atoms with Gasteiger partial charge in [0, 0.05) is 11.1 Å². The van der Waals surface area contributed by atoms with Crippen LogP contribution in [0.15, 0.2) is 48.5 Å². The van der Waals surface area contributed by atoms with Crippen molar-refractivity contribution in [1.82, 2.24) is 0 Å². The highest BCUT2D eigenvalue weighted by Gasteiger charge is 2.28. The number of carbonyl (C=O) groups excluding carboxylic acids is 1. The van der Waals surface area contributed by atoms with Gasteiger partial charge in [0.05, 0.1) is 11.1 Å². The van der Waals surface area contributed by atoms with Gasteiger partial charge in [0.15, 0.2) is 0 Å². The van der Waals surface area contributed by atoms with Crippen LogP contribution in [-0.2, 0) is 4.74 Å². The van der Waals surface area contributed by atoms with Crippen LogP contribution >= 0.6 is 0 Å². The first-order valence-corrected chi connectivity index (χ1v) is 5.77.